The fraction of sp³-hybridized carbons (Fsp3) is 0.667. The molecule has 0 aliphatic heterocycles. The number of hydrogen-bond donors (Lipinski definition) is 8. The minimum atomic E-state index is -1.52. The number of aliphatic carboxylic acids is 1. The van der Waals surface area contributed by atoms with E-state index in [4.69, 9.17) is 10.8 Å². The lowest BCUT2D eigenvalue weighted by molar-refractivity contribution is -0.145. The van der Waals surface area contributed by atoms with Crippen LogP contribution >= 0.6 is 25.3 Å². The lowest BCUT2D eigenvalue weighted by Gasteiger charge is -2.21. The van der Waals surface area contributed by atoms with Crippen molar-refractivity contribution < 1.29 is 29.4 Å². The van der Waals surface area contributed by atoms with Crippen LogP contribution in [0.4, 0.5) is 0 Å². The Kier molecular flexibility index (Phi) is 10.4. The highest BCUT2D eigenvalue weighted by molar-refractivity contribution is 7.80. The third-order valence-electron chi connectivity index (χ3n) is 2.84. The van der Waals surface area contributed by atoms with Crippen LogP contribution in [0.15, 0.2) is 0 Å². The third-order valence-corrected chi connectivity index (χ3v) is 3.60. The fourth-order valence-corrected chi connectivity index (χ4v) is 1.89. The maximum absolute atomic E-state index is 12.0. The Balaban J connectivity index is 4.58. The first-order chi connectivity index (χ1) is 11.1. The van der Waals surface area contributed by atoms with Crippen molar-refractivity contribution >= 4 is 48.9 Å². The van der Waals surface area contributed by atoms with Gasteiger partial charge in [0, 0.05) is 11.5 Å². The van der Waals surface area contributed by atoms with Gasteiger partial charge in [-0.15, -0.1) is 0 Å². The number of nitrogens with one attached hydrogen (secondary N) is 3. The molecule has 0 heterocycles. The van der Waals surface area contributed by atoms with E-state index < -0.39 is 54.5 Å². The van der Waals surface area contributed by atoms with Crippen LogP contribution in [0, 0.1) is 0 Å². The van der Waals surface area contributed by atoms with Crippen LogP contribution in [-0.2, 0) is 19.2 Å². The van der Waals surface area contributed by atoms with Gasteiger partial charge in [-0.3, -0.25) is 14.4 Å². The van der Waals surface area contributed by atoms with E-state index in [1.807, 2.05) is 0 Å². The second-order valence-electron chi connectivity index (χ2n) is 4.87. The molecule has 0 aliphatic carbocycles. The van der Waals surface area contributed by atoms with E-state index in [9.17, 15) is 24.3 Å². The summed E-state index contributed by atoms with van der Waals surface area (Å²) in [5.74, 6) is -3.53. The maximum Gasteiger partial charge on any atom is 0.328 e. The largest absolute Gasteiger partial charge is 0.480 e. The number of rotatable bonds is 10. The zero-order valence-electron chi connectivity index (χ0n) is 12.9. The maximum atomic E-state index is 12.0. The second kappa shape index (κ2) is 11.1. The molecule has 0 saturated carbocycles. The second-order valence-corrected chi connectivity index (χ2v) is 5.60. The minimum absolute atomic E-state index is 0.102. The number of carbonyl (C=O) groups is 4. The van der Waals surface area contributed by atoms with Crippen molar-refractivity contribution in [1.29, 1.82) is 0 Å². The van der Waals surface area contributed by atoms with Crippen LogP contribution in [0.25, 0.3) is 0 Å². The van der Waals surface area contributed by atoms with Gasteiger partial charge in [-0.2, -0.15) is 25.3 Å². The van der Waals surface area contributed by atoms with E-state index in [1.165, 1.54) is 6.92 Å². The van der Waals surface area contributed by atoms with Crippen LogP contribution < -0.4 is 21.7 Å². The summed E-state index contributed by atoms with van der Waals surface area (Å²) in [5, 5.41) is 24.9. The van der Waals surface area contributed by atoms with Crippen molar-refractivity contribution in [2.45, 2.75) is 31.2 Å². The first-order valence-electron chi connectivity index (χ1n) is 6.89. The number of hydrogen-bond acceptors (Lipinski definition) is 8. The van der Waals surface area contributed by atoms with Crippen molar-refractivity contribution in [3.8, 4) is 0 Å². The summed E-state index contributed by atoms with van der Waals surface area (Å²) < 4.78 is 0. The average molecular weight is 382 g/mol. The first kappa shape index (κ1) is 22.5. The number of carboxylic acids is 1. The molecule has 7 N–H and O–H groups in total. The van der Waals surface area contributed by atoms with Gasteiger partial charge in [-0.1, -0.05) is 0 Å². The molecule has 0 aromatic carbocycles. The van der Waals surface area contributed by atoms with Crippen LogP contribution in [-0.4, -0.2) is 76.2 Å². The Morgan fingerprint density at radius 1 is 1.08 bits per heavy atom. The van der Waals surface area contributed by atoms with Gasteiger partial charge < -0.3 is 31.9 Å². The summed E-state index contributed by atoms with van der Waals surface area (Å²) >= 11 is 7.75. The minimum Gasteiger partial charge on any atom is -0.480 e. The van der Waals surface area contributed by atoms with E-state index in [-0.39, 0.29) is 11.5 Å². The molecule has 0 radical (unpaired) electrons. The topological polar surface area (TPSA) is 171 Å². The van der Waals surface area contributed by atoms with E-state index in [0.29, 0.717) is 0 Å². The molecule has 4 atom stereocenters. The highest BCUT2D eigenvalue weighted by atomic mass is 32.1. The molecular formula is C12H22N4O6S2. The number of aliphatic hydroxyl groups is 1. The van der Waals surface area contributed by atoms with Gasteiger partial charge in [0.2, 0.25) is 17.7 Å². The van der Waals surface area contributed by atoms with Gasteiger partial charge in [0.15, 0.2) is 6.04 Å². The number of carboxylic acid groups (broad SMARTS) is 1. The molecule has 0 bridgehead atoms. The summed E-state index contributed by atoms with van der Waals surface area (Å²) in [6, 6.07) is -3.53. The van der Waals surface area contributed by atoms with Crippen molar-refractivity contribution in [1.82, 2.24) is 16.0 Å². The van der Waals surface area contributed by atoms with Crippen molar-refractivity contribution in [3.63, 3.8) is 0 Å². The SMILES string of the molecule is CC(O)C(NC(=O)C(CS)NC(=O)CNC(=O)C(N)CS)C(=O)O. The molecule has 10 nitrogen and oxygen atoms in total. The number of carbonyl (C=O) groups excluding carboxylic acids is 3. The van der Waals surface area contributed by atoms with Gasteiger partial charge in [0.1, 0.15) is 6.04 Å². The van der Waals surface area contributed by atoms with Crippen LogP contribution in [0.2, 0.25) is 0 Å². The van der Waals surface area contributed by atoms with Gasteiger partial charge in [-0.25, -0.2) is 4.79 Å². The average Bonchev–Trinajstić information content (AvgIpc) is 2.53. The van der Waals surface area contributed by atoms with E-state index in [2.05, 4.69) is 41.2 Å². The monoisotopic (exact) mass is 382 g/mol. The number of nitrogens with two attached hydrogens (primary N) is 1. The normalized spacial score (nSPS) is 15.5. The lowest BCUT2D eigenvalue weighted by atomic mass is 10.1. The molecule has 0 aromatic rings. The molecule has 138 valence electrons. The van der Waals surface area contributed by atoms with Gasteiger partial charge in [0.05, 0.1) is 18.7 Å². The predicted octanol–water partition coefficient (Wildman–Crippen LogP) is -3.28. The van der Waals surface area contributed by atoms with Gasteiger partial charge >= 0.3 is 5.97 Å². The zero-order valence-corrected chi connectivity index (χ0v) is 14.7. The Morgan fingerprint density at radius 2 is 1.67 bits per heavy atom. The molecular weight excluding hydrogens is 360 g/mol. The lowest BCUT2D eigenvalue weighted by Crippen LogP contribution is -2.56. The van der Waals surface area contributed by atoms with E-state index in [1.54, 1.807) is 0 Å². The third kappa shape index (κ3) is 7.86. The Bertz CT molecular complexity index is 476. The predicted molar refractivity (Wildman–Crippen MR) is 91.9 cm³/mol. The molecule has 0 saturated heterocycles. The molecule has 0 aromatic heterocycles. The summed E-state index contributed by atoms with van der Waals surface area (Å²) in [4.78, 5) is 46.0. The number of thiol groups is 2. The van der Waals surface area contributed by atoms with Crippen LogP contribution in [0.5, 0.6) is 0 Å². The van der Waals surface area contributed by atoms with Crippen molar-refractivity contribution in [2.75, 3.05) is 18.1 Å². The summed E-state index contributed by atoms with van der Waals surface area (Å²) in [5.41, 5.74) is 5.41. The standard InChI is InChI=1S/C12H22N4O6S2/c1-5(17)9(12(21)22)16-11(20)7(4-24)15-8(18)2-14-10(19)6(13)3-23/h5-7,9,17,23-24H,2-4,13H2,1H3,(H,14,19)(H,15,18)(H,16,20)(H,21,22). The van der Waals surface area contributed by atoms with Gasteiger partial charge in [0.25, 0.3) is 0 Å². The molecule has 12 heteroatoms. The molecule has 0 fully saturated rings. The summed E-state index contributed by atoms with van der Waals surface area (Å²) in [6.45, 7) is 0.782. The zero-order chi connectivity index (χ0) is 18.9. The Labute approximate surface area is 149 Å². The highest BCUT2D eigenvalue weighted by Gasteiger charge is 2.28. The fourth-order valence-electron chi connectivity index (χ4n) is 1.46. The summed E-state index contributed by atoms with van der Waals surface area (Å²) in [7, 11) is 0. The van der Waals surface area contributed by atoms with Crippen LogP contribution in [0.1, 0.15) is 6.92 Å². The molecule has 0 rings (SSSR count). The Hall–Kier alpha value is -1.50. The molecule has 4 unspecified atom stereocenters. The molecule has 0 aliphatic rings. The number of amides is 3. The van der Waals surface area contributed by atoms with Crippen molar-refractivity contribution in [2.24, 2.45) is 5.73 Å². The Morgan fingerprint density at radius 3 is 2.08 bits per heavy atom. The molecule has 24 heavy (non-hydrogen) atoms. The quantitative estimate of drug-likeness (QED) is 0.183. The van der Waals surface area contributed by atoms with Gasteiger partial charge in [-0.05, 0) is 6.92 Å². The molecule has 3 amide bonds. The first-order valence-corrected chi connectivity index (χ1v) is 8.16. The summed E-state index contributed by atoms with van der Waals surface area (Å²) in [6.07, 6.45) is -1.33. The smallest absolute Gasteiger partial charge is 0.328 e. The highest BCUT2D eigenvalue weighted by Crippen LogP contribution is 1.96. The van der Waals surface area contributed by atoms with Crippen LogP contribution in [0.3, 0.4) is 0 Å². The van der Waals surface area contributed by atoms with Crippen molar-refractivity contribution in [3.05, 3.63) is 0 Å². The molecule has 0 spiro atoms. The van der Waals surface area contributed by atoms with E-state index in [0.717, 1.165) is 0 Å². The van der Waals surface area contributed by atoms with E-state index >= 15 is 0 Å². The number of aliphatic hydroxyl groups excluding tert-OH is 1.